The highest BCUT2D eigenvalue weighted by atomic mass is 16.6. The molecule has 3 heterocycles. The third-order valence-electron chi connectivity index (χ3n) is 7.16. The highest BCUT2D eigenvalue weighted by molar-refractivity contribution is 5.89. The molecule has 4 rings (SSSR count). The molecule has 1 aliphatic rings. The van der Waals surface area contributed by atoms with E-state index >= 15 is 0 Å². The first-order valence-electron chi connectivity index (χ1n) is 13.4. The largest absolute Gasteiger partial charge is 0.397 e. The Morgan fingerprint density at radius 2 is 1.87 bits per heavy atom. The van der Waals surface area contributed by atoms with Crippen LogP contribution in [-0.2, 0) is 10.2 Å². The second-order valence-corrected chi connectivity index (χ2v) is 11.4. The third kappa shape index (κ3) is 6.67. The Kier molecular flexibility index (Phi) is 8.75. The monoisotopic (exact) mass is 539 g/mol. The van der Waals surface area contributed by atoms with Crippen molar-refractivity contribution in [3.8, 4) is 0 Å². The van der Waals surface area contributed by atoms with E-state index in [-0.39, 0.29) is 17.5 Å². The lowest BCUT2D eigenvalue weighted by atomic mass is 9.87. The van der Waals surface area contributed by atoms with E-state index in [9.17, 15) is 15.0 Å². The van der Waals surface area contributed by atoms with Crippen molar-refractivity contribution in [3.63, 3.8) is 0 Å². The fraction of sp³-hybridized carbons (Fsp3) is 0.536. The zero-order valence-corrected chi connectivity index (χ0v) is 23.3. The lowest BCUT2D eigenvalue weighted by molar-refractivity contribution is -0.0468. The van der Waals surface area contributed by atoms with Crippen molar-refractivity contribution in [2.45, 2.75) is 77.0 Å². The zero-order valence-electron chi connectivity index (χ0n) is 23.3. The molecule has 6 N–H and O–H groups in total. The number of aliphatic hydroxyl groups excluding tert-OH is 2. The number of anilines is 2. The standard InChI is InChI=1S/C28H41N7O4/c1-17(2)34(14-6-12-31-27(38)33-19-9-7-18(8-10-19)28(3,4)5)15-21-23(36)24(37)26(39-21)35-16-32-22-20(29)11-13-30-25(22)35/h7-11,13,16-17,21,23-24,26,36-37H,6,12,14-15H2,1-5H3,(H2,29,30)(H2,31,33,38)/t21-,23-,24-,26-/m1/s1. The summed E-state index contributed by atoms with van der Waals surface area (Å²) in [7, 11) is 0. The van der Waals surface area contributed by atoms with Gasteiger partial charge in [-0.05, 0) is 49.4 Å². The van der Waals surface area contributed by atoms with Crippen LogP contribution in [0.1, 0.15) is 52.8 Å². The number of rotatable bonds is 9. The average molecular weight is 540 g/mol. The fourth-order valence-electron chi connectivity index (χ4n) is 4.75. The van der Waals surface area contributed by atoms with Crippen LogP contribution in [0, 0.1) is 0 Å². The lowest BCUT2D eigenvalue weighted by Crippen LogP contribution is -2.44. The van der Waals surface area contributed by atoms with Crippen LogP contribution in [0.15, 0.2) is 42.9 Å². The summed E-state index contributed by atoms with van der Waals surface area (Å²) >= 11 is 0. The molecule has 0 unspecified atom stereocenters. The van der Waals surface area contributed by atoms with Crippen LogP contribution in [0.2, 0.25) is 0 Å². The van der Waals surface area contributed by atoms with Crippen LogP contribution in [0.4, 0.5) is 16.2 Å². The average Bonchev–Trinajstić information content (AvgIpc) is 3.42. The number of hydrogen-bond donors (Lipinski definition) is 5. The fourth-order valence-corrected chi connectivity index (χ4v) is 4.75. The van der Waals surface area contributed by atoms with Crippen molar-refractivity contribution < 1.29 is 19.7 Å². The summed E-state index contributed by atoms with van der Waals surface area (Å²) in [5, 5.41) is 27.3. The number of ether oxygens (including phenoxy) is 1. The van der Waals surface area contributed by atoms with Crippen LogP contribution in [0.25, 0.3) is 11.2 Å². The van der Waals surface area contributed by atoms with E-state index < -0.39 is 24.5 Å². The highest BCUT2D eigenvalue weighted by Crippen LogP contribution is 2.33. The summed E-state index contributed by atoms with van der Waals surface area (Å²) in [6.45, 7) is 12.2. The van der Waals surface area contributed by atoms with Gasteiger partial charge in [0.2, 0.25) is 0 Å². The Bertz CT molecular complexity index is 1260. The Hall–Kier alpha value is -3.25. The van der Waals surface area contributed by atoms with E-state index in [1.165, 1.54) is 11.9 Å². The number of nitrogen functional groups attached to an aromatic ring is 1. The van der Waals surface area contributed by atoms with E-state index in [1.807, 2.05) is 24.3 Å². The van der Waals surface area contributed by atoms with Gasteiger partial charge in [0.1, 0.15) is 23.8 Å². The molecule has 0 bridgehead atoms. The SMILES string of the molecule is CC(C)N(CCCNC(=O)Nc1ccc(C(C)(C)C)cc1)C[C@H]1O[C@@H](n2cnc3c(N)ccnc32)[C@H](O)[C@@H]1O. The van der Waals surface area contributed by atoms with Gasteiger partial charge in [-0.3, -0.25) is 9.47 Å². The van der Waals surface area contributed by atoms with Crippen LogP contribution >= 0.6 is 0 Å². The van der Waals surface area contributed by atoms with Gasteiger partial charge in [-0.2, -0.15) is 0 Å². The summed E-state index contributed by atoms with van der Waals surface area (Å²) in [5.41, 5.74) is 9.48. The summed E-state index contributed by atoms with van der Waals surface area (Å²) in [6, 6.07) is 9.45. The number of nitrogens with one attached hydrogen (secondary N) is 2. The molecule has 1 saturated heterocycles. The quantitative estimate of drug-likeness (QED) is 0.261. The number of urea groups is 1. The van der Waals surface area contributed by atoms with Crippen molar-refractivity contribution >= 4 is 28.6 Å². The molecule has 11 heteroatoms. The molecule has 0 aliphatic carbocycles. The number of pyridine rings is 1. The van der Waals surface area contributed by atoms with Crippen molar-refractivity contribution in [2.75, 3.05) is 30.7 Å². The van der Waals surface area contributed by atoms with Crippen molar-refractivity contribution in [1.29, 1.82) is 0 Å². The molecule has 2 aromatic heterocycles. The molecule has 11 nitrogen and oxygen atoms in total. The van der Waals surface area contributed by atoms with E-state index in [1.54, 1.807) is 16.8 Å². The van der Waals surface area contributed by atoms with Crippen molar-refractivity contribution in [3.05, 3.63) is 48.4 Å². The molecule has 1 aromatic carbocycles. The number of nitrogens with two attached hydrogens (primary N) is 1. The van der Waals surface area contributed by atoms with Crippen LogP contribution < -0.4 is 16.4 Å². The maximum Gasteiger partial charge on any atom is 0.319 e. The number of nitrogens with zero attached hydrogens (tertiary/aromatic N) is 4. The summed E-state index contributed by atoms with van der Waals surface area (Å²) in [4.78, 5) is 23.1. The van der Waals surface area contributed by atoms with Crippen LogP contribution in [0.3, 0.4) is 0 Å². The van der Waals surface area contributed by atoms with Gasteiger partial charge in [0, 0.05) is 37.6 Å². The third-order valence-corrected chi connectivity index (χ3v) is 7.16. The number of imidazole rings is 1. The summed E-state index contributed by atoms with van der Waals surface area (Å²) < 4.78 is 7.73. The molecule has 0 saturated carbocycles. The molecular weight excluding hydrogens is 498 g/mol. The molecular formula is C28H41N7O4. The molecule has 212 valence electrons. The smallest absolute Gasteiger partial charge is 0.319 e. The van der Waals surface area contributed by atoms with Gasteiger partial charge < -0.3 is 31.3 Å². The lowest BCUT2D eigenvalue weighted by Gasteiger charge is -2.30. The Morgan fingerprint density at radius 1 is 1.15 bits per heavy atom. The minimum Gasteiger partial charge on any atom is -0.397 e. The first kappa shape index (κ1) is 28.8. The normalized spacial score (nSPS) is 21.7. The second kappa shape index (κ2) is 11.9. The number of benzene rings is 1. The van der Waals surface area contributed by atoms with Gasteiger partial charge in [0.15, 0.2) is 11.9 Å². The molecule has 0 spiro atoms. The van der Waals surface area contributed by atoms with E-state index in [0.29, 0.717) is 42.9 Å². The first-order valence-corrected chi connectivity index (χ1v) is 13.4. The number of aromatic nitrogens is 3. The first-order chi connectivity index (χ1) is 18.5. The molecule has 1 aliphatic heterocycles. The van der Waals surface area contributed by atoms with Gasteiger partial charge in [-0.25, -0.2) is 14.8 Å². The van der Waals surface area contributed by atoms with Crippen LogP contribution in [0.5, 0.6) is 0 Å². The summed E-state index contributed by atoms with van der Waals surface area (Å²) in [5.74, 6) is 0. The van der Waals surface area contributed by atoms with E-state index in [2.05, 4.69) is 60.1 Å². The topological polar surface area (TPSA) is 151 Å². The highest BCUT2D eigenvalue weighted by Gasteiger charge is 2.45. The predicted octanol–water partition coefficient (Wildman–Crippen LogP) is 2.85. The Morgan fingerprint density at radius 3 is 2.54 bits per heavy atom. The minimum atomic E-state index is -1.15. The maximum absolute atomic E-state index is 12.4. The Balaban J connectivity index is 1.27. The van der Waals surface area contributed by atoms with Crippen molar-refractivity contribution in [2.24, 2.45) is 0 Å². The molecule has 1 fully saturated rings. The van der Waals surface area contributed by atoms with Gasteiger partial charge in [0.25, 0.3) is 0 Å². The van der Waals surface area contributed by atoms with Gasteiger partial charge in [-0.15, -0.1) is 0 Å². The number of carbonyl (C=O) groups excluding carboxylic acids is 1. The van der Waals surface area contributed by atoms with E-state index in [4.69, 9.17) is 10.5 Å². The van der Waals surface area contributed by atoms with Gasteiger partial charge in [-0.1, -0.05) is 32.9 Å². The molecule has 2 amide bonds. The maximum atomic E-state index is 12.4. The van der Waals surface area contributed by atoms with Crippen molar-refractivity contribution in [1.82, 2.24) is 24.8 Å². The number of amides is 2. The molecule has 3 aromatic rings. The minimum absolute atomic E-state index is 0.0568. The predicted molar refractivity (Wildman–Crippen MR) is 151 cm³/mol. The molecule has 4 atom stereocenters. The number of fused-ring (bicyclic) bond motifs is 1. The zero-order chi connectivity index (χ0) is 28.3. The summed E-state index contributed by atoms with van der Waals surface area (Å²) in [6.07, 6.45) is 0.129. The van der Waals surface area contributed by atoms with Gasteiger partial charge >= 0.3 is 6.03 Å². The molecule has 0 radical (unpaired) electrons. The Labute approximate surface area is 229 Å². The number of carbonyl (C=O) groups is 1. The van der Waals surface area contributed by atoms with Gasteiger partial charge in [0.05, 0.1) is 12.0 Å². The van der Waals surface area contributed by atoms with E-state index in [0.717, 1.165) is 5.69 Å². The molecule has 39 heavy (non-hydrogen) atoms. The number of aliphatic hydroxyl groups is 2. The number of hydrogen-bond acceptors (Lipinski definition) is 8. The second-order valence-electron chi connectivity index (χ2n) is 11.4. The van der Waals surface area contributed by atoms with Crippen LogP contribution in [-0.4, -0.2) is 79.7 Å².